The van der Waals surface area contributed by atoms with Gasteiger partial charge in [-0.15, -0.1) is 0 Å². The van der Waals surface area contributed by atoms with Crippen LogP contribution >= 0.6 is 0 Å². The van der Waals surface area contributed by atoms with Crippen molar-refractivity contribution in [1.29, 1.82) is 0 Å². The zero-order valence-electron chi connectivity index (χ0n) is 36.1. The highest BCUT2D eigenvalue weighted by Gasteiger charge is 2.57. The molecule has 374 valence electrons. The van der Waals surface area contributed by atoms with Crippen molar-refractivity contribution in [2.24, 2.45) is 10.8 Å². The van der Waals surface area contributed by atoms with E-state index in [-0.39, 0.29) is 21.5 Å². The third kappa shape index (κ3) is 12.9. The van der Waals surface area contributed by atoms with Gasteiger partial charge in [-0.05, 0) is 63.4 Å². The molecule has 0 saturated heterocycles. The molecule has 2 aromatic carbocycles. The fourth-order valence-electron chi connectivity index (χ4n) is 6.42. The number of nitrogens with zero attached hydrogens (tertiary/aromatic N) is 5. The zero-order chi connectivity index (χ0) is 51.3. The molecular weight excluding hydrogens is 946 g/mol. The van der Waals surface area contributed by atoms with Gasteiger partial charge in [0.1, 0.15) is 23.7 Å². The maximum atomic E-state index is 15.8. The number of amides is 4. The number of rotatable bonds is 19. The Labute approximate surface area is 377 Å². The largest absolute Gasteiger partial charge is 0.465 e. The molecule has 2 heterocycles. The van der Waals surface area contributed by atoms with Crippen molar-refractivity contribution in [2.75, 3.05) is 13.7 Å². The van der Waals surface area contributed by atoms with Crippen molar-refractivity contribution in [3.05, 3.63) is 83.8 Å². The molecule has 0 saturated carbocycles. The summed E-state index contributed by atoms with van der Waals surface area (Å²) in [5.41, 5.74) is -5.53. The van der Waals surface area contributed by atoms with Crippen LogP contribution < -0.4 is 21.4 Å². The number of alkyl carbamates (subject to hydrolysis) is 1. The minimum absolute atomic E-state index is 0.141. The van der Waals surface area contributed by atoms with Gasteiger partial charge in [-0.2, -0.15) is 54.1 Å². The van der Waals surface area contributed by atoms with E-state index in [1.807, 2.05) is 5.43 Å². The summed E-state index contributed by atoms with van der Waals surface area (Å²) in [6.45, 7) is -6.63. The van der Waals surface area contributed by atoms with E-state index in [1.54, 1.807) is 5.32 Å². The molecule has 0 fully saturated rings. The summed E-state index contributed by atoms with van der Waals surface area (Å²) in [5, 5.41) is 34.0. The monoisotopic (exact) mass is 989 g/mol. The Kier molecular flexibility index (Phi) is 16.8. The van der Waals surface area contributed by atoms with Crippen LogP contribution in [0.15, 0.2) is 61.1 Å². The first-order valence-electron chi connectivity index (χ1n) is 19.6. The lowest BCUT2D eigenvalue weighted by molar-refractivity contribution is -0.221. The Hall–Kier alpha value is -6.58. The molecule has 28 heteroatoms. The highest BCUT2D eigenvalue weighted by atomic mass is 19.4. The summed E-state index contributed by atoms with van der Waals surface area (Å²) in [6.07, 6.45) is -14.1. The number of hydrogen-bond donors (Lipinski definition) is 6. The lowest BCUT2D eigenvalue weighted by Gasteiger charge is -2.38. The van der Waals surface area contributed by atoms with E-state index in [2.05, 4.69) is 20.3 Å². The Morgan fingerprint density at radius 3 is 1.78 bits per heavy atom. The van der Waals surface area contributed by atoms with Crippen molar-refractivity contribution >= 4 is 24.0 Å². The Bertz CT molecular complexity index is 2390. The molecule has 6 N–H and O–H groups in total. The SMILES string of the molecule is COC(=O)NC(C(=O)NC(Cc1ccc(-c2cnn(C(F)F)c2)cc1)C(O)CN(Cc1c(F)cc(-c2ccn(C(F)F)n2)cc1F)NC(=O)C(NC(=O)O)C(C)(C)C(F)(F)F)C(C)(C)C(F)(F)F. The molecule has 4 amide bonds. The number of carboxylic acid groups (broad SMARTS) is 1. The molecule has 0 aliphatic carbocycles. The Morgan fingerprint density at radius 1 is 0.765 bits per heavy atom. The fourth-order valence-corrected chi connectivity index (χ4v) is 6.42. The van der Waals surface area contributed by atoms with Gasteiger partial charge in [0.25, 0.3) is 5.91 Å². The van der Waals surface area contributed by atoms with Crippen molar-refractivity contribution in [3.8, 4) is 22.4 Å². The number of aromatic nitrogens is 4. The topological polar surface area (TPSA) is 205 Å². The fraction of sp³-hybridized carbons (Fsp3) is 0.450. The lowest BCUT2D eigenvalue weighted by atomic mass is 9.82. The second kappa shape index (κ2) is 21.2. The van der Waals surface area contributed by atoms with Gasteiger partial charge in [-0.25, -0.2) is 32.7 Å². The second-order valence-electron chi connectivity index (χ2n) is 16.2. The van der Waals surface area contributed by atoms with Gasteiger partial charge in [-0.3, -0.25) is 15.0 Å². The van der Waals surface area contributed by atoms with Crippen LogP contribution in [0.5, 0.6) is 0 Å². The number of aliphatic hydroxyl groups is 1. The third-order valence-corrected chi connectivity index (χ3v) is 10.8. The van der Waals surface area contributed by atoms with E-state index in [0.29, 0.717) is 55.1 Å². The van der Waals surface area contributed by atoms with Crippen molar-refractivity contribution in [3.63, 3.8) is 0 Å². The average Bonchev–Trinajstić information content (AvgIpc) is 3.94. The second-order valence-corrected chi connectivity index (χ2v) is 16.2. The highest BCUT2D eigenvalue weighted by Crippen LogP contribution is 2.42. The van der Waals surface area contributed by atoms with Gasteiger partial charge in [0.05, 0.1) is 42.0 Å². The Morgan fingerprint density at radius 2 is 1.31 bits per heavy atom. The van der Waals surface area contributed by atoms with Gasteiger partial charge in [0.2, 0.25) is 5.91 Å². The molecule has 0 aliphatic rings. The van der Waals surface area contributed by atoms with Gasteiger partial charge >= 0.3 is 37.6 Å². The standard InChI is InChI=1S/C40H43F12N9O7/c1-37(2,39(47,48)49)29(56-36(67)68-5)31(63)54-27(12-19-6-8-20(9-7-19)22-15-53-61(16-22)34(45)46)28(62)18-59(58-32(64)30(55-35(65)66)38(3,4)40(50,51)52)17-23-24(41)13-21(14-25(23)42)26-10-11-60(57-26)33(43)44/h6-11,13-16,27-30,33-34,55,62H,12,17-18H2,1-5H3,(H,54,63)(H,56,67)(H,58,64)(H,65,66). The molecule has 4 aromatic rings. The molecule has 16 nitrogen and oxygen atoms in total. The molecule has 4 unspecified atom stereocenters. The molecular formula is C40H43F12N9O7. The number of hydrogen-bond acceptors (Lipinski definition) is 9. The first kappa shape index (κ1) is 54.0. The first-order valence-corrected chi connectivity index (χ1v) is 19.6. The van der Waals surface area contributed by atoms with E-state index in [4.69, 9.17) is 0 Å². The van der Waals surface area contributed by atoms with Crippen LogP contribution in [0.3, 0.4) is 0 Å². The van der Waals surface area contributed by atoms with E-state index in [1.165, 1.54) is 29.6 Å². The number of hydrazine groups is 1. The number of ether oxygens (including phenoxy) is 1. The lowest BCUT2D eigenvalue weighted by Crippen LogP contribution is -2.63. The summed E-state index contributed by atoms with van der Waals surface area (Å²) < 4.78 is 175. The quantitative estimate of drug-likeness (QED) is 0.0422. The molecule has 0 bridgehead atoms. The molecule has 0 aliphatic heterocycles. The van der Waals surface area contributed by atoms with Crippen LogP contribution in [0, 0.1) is 22.5 Å². The molecule has 0 radical (unpaired) electrons. The predicted molar refractivity (Wildman–Crippen MR) is 212 cm³/mol. The number of alkyl halides is 10. The normalized spacial score (nSPS) is 14.4. The van der Waals surface area contributed by atoms with Gasteiger partial charge in [0.15, 0.2) is 0 Å². The third-order valence-electron chi connectivity index (χ3n) is 10.8. The van der Waals surface area contributed by atoms with Crippen LogP contribution in [0.4, 0.5) is 62.3 Å². The maximum Gasteiger partial charge on any atom is 0.407 e. The number of carbonyl (C=O) groups is 4. The van der Waals surface area contributed by atoms with E-state index in [0.717, 1.165) is 31.8 Å². The summed E-state index contributed by atoms with van der Waals surface area (Å²) in [4.78, 5) is 51.4. The van der Waals surface area contributed by atoms with Crippen LogP contribution in [-0.2, 0) is 27.3 Å². The number of nitrogens with one attached hydrogen (secondary N) is 4. The van der Waals surface area contributed by atoms with Crippen LogP contribution in [0.25, 0.3) is 22.4 Å². The van der Waals surface area contributed by atoms with E-state index in [9.17, 15) is 73.3 Å². The minimum atomic E-state index is -5.31. The smallest absolute Gasteiger partial charge is 0.407 e. The van der Waals surface area contributed by atoms with Gasteiger partial charge in [-0.1, -0.05) is 24.3 Å². The number of aliphatic hydroxyl groups excluding tert-OH is 1. The summed E-state index contributed by atoms with van der Waals surface area (Å²) in [7, 11) is 0.773. The summed E-state index contributed by atoms with van der Waals surface area (Å²) >= 11 is 0. The number of benzene rings is 2. The molecule has 0 spiro atoms. The van der Waals surface area contributed by atoms with Crippen LogP contribution in [-0.4, -0.2) is 109 Å². The first-order chi connectivity index (χ1) is 31.4. The van der Waals surface area contributed by atoms with Crippen LogP contribution in [0.2, 0.25) is 0 Å². The van der Waals surface area contributed by atoms with Crippen LogP contribution in [0.1, 0.15) is 51.9 Å². The number of carbonyl (C=O) groups excluding carboxylic acids is 3. The summed E-state index contributed by atoms with van der Waals surface area (Å²) in [6, 6.07) is 0.456. The van der Waals surface area contributed by atoms with Crippen molar-refractivity contribution < 1.29 is 86.8 Å². The maximum absolute atomic E-state index is 15.8. The zero-order valence-corrected chi connectivity index (χ0v) is 36.1. The number of methoxy groups -OCH3 is 1. The number of halogens is 12. The van der Waals surface area contributed by atoms with E-state index < -0.39 is 127 Å². The van der Waals surface area contributed by atoms with Crippen molar-refractivity contribution in [1.82, 2.24) is 45.9 Å². The molecule has 2 aromatic heterocycles. The molecule has 4 rings (SSSR count). The Balaban J connectivity index is 1.82. The van der Waals surface area contributed by atoms with Gasteiger partial charge in [0, 0.05) is 42.2 Å². The van der Waals surface area contributed by atoms with Gasteiger partial charge < -0.3 is 30.9 Å². The van der Waals surface area contributed by atoms with Crippen molar-refractivity contribution in [2.45, 2.75) is 90.3 Å². The minimum Gasteiger partial charge on any atom is -0.465 e. The van der Waals surface area contributed by atoms with E-state index >= 15 is 8.78 Å². The molecule has 4 atom stereocenters. The molecule has 68 heavy (non-hydrogen) atoms. The highest BCUT2D eigenvalue weighted by molar-refractivity contribution is 5.87. The predicted octanol–water partition coefficient (Wildman–Crippen LogP) is 6.94. The average molecular weight is 990 g/mol. The summed E-state index contributed by atoms with van der Waals surface area (Å²) in [5.74, 6) is -6.40.